The Kier molecular flexibility index (Phi) is 9.41. The summed E-state index contributed by atoms with van der Waals surface area (Å²) >= 11 is 0. The SMILES string of the molecule is O=C([O-])C1C=CCCC1.O=C([O-])C1C=CCCC1.[Zn+2]. The van der Waals surface area contributed by atoms with Crippen LogP contribution in [0.15, 0.2) is 24.3 Å². The molecule has 5 heteroatoms. The van der Waals surface area contributed by atoms with E-state index in [1.165, 1.54) is 0 Å². The fraction of sp³-hybridized carbons (Fsp3) is 0.571. The van der Waals surface area contributed by atoms with Gasteiger partial charge in [0.25, 0.3) is 0 Å². The van der Waals surface area contributed by atoms with Crippen LogP contribution in [-0.4, -0.2) is 11.9 Å². The molecule has 0 bridgehead atoms. The molecule has 0 saturated heterocycles. The molecule has 0 radical (unpaired) electrons. The molecule has 2 aliphatic carbocycles. The van der Waals surface area contributed by atoms with Gasteiger partial charge in [-0.2, -0.15) is 0 Å². The molecule has 4 nitrogen and oxygen atoms in total. The first-order valence-corrected chi connectivity index (χ1v) is 6.36. The van der Waals surface area contributed by atoms with E-state index in [2.05, 4.69) is 0 Å². The van der Waals surface area contributed by atoms with Gasteiger partial charge in [0.2, 0.25) is 0 Å². The zero-order valence-corrected chi connectivity index (χ0v) is 14.0. The van der Waals surface area contributed by atoms with Crippen LogP contribution in [0, 0.1) is 11.8 Å². The maximum Gasteiger partial charge on any atom is 2.00 e. The zero-order chi connectivity index (χ0) is 13.4. The number of carbonyl (C=O) groups is 2. The Morgan fingerprint density at radius 2 is 1.21 bits per heavy atom. The number of hydrogen-bond donors (Lipinski definition) is 0. The molecule has 0 aromatic heterocycles. The van der Waals surface area contributed by atoms with Crippen LogP contribution in [0.4, 0.5) is 0 Å². The van der Waals surface area contributed by atoms with E-state index in [4.69, 9.17) is 0 Å². The molecule has 0 fully saturated rings. The van der Waals surface area contributed by atoms with Crippen molar-refractivity contribution < 1.29 is 39.3 Å². The third-order valence-corrected chi connectivity index (χ3v) is 3.11. The van der Waals surface area contributed by atoms with Crippen LogP contribution in [-0.2, 0) is 29.1 Å². The van der Waals surface area contributed by atoms with Crippen molar-refractivity contribution in [2.45, 2.75) is 38.5 Å². The number of hydrogen-bond acceptors (Lipinski definition) is 4. The Bertz CT molecular complexity index is 315. The van der Waals surface area contributed by atoms with Gasteiger partial charge in [-0.05, 0) is 38.5 Å². The number of allylic oxidation sites excluding steroid dienone is 2. The molecule has 2 atom stereocenters. The van der Waals surface area contributed by atoms with Crippen molar-refractivity contribution in [1.82, 2.24) is 0 Å². The standard InChI is InChI=1S/2C7H10O2.Zn/c2*8-7(9)6-4-2-1-3-5-6;/h2*2,4,6H,1,3,5H2,(H,8,9);/q;;+2/p-2. The molecule has 100 valence electrons. The molecule has 0 aromatic carbocycles. The van der Waals surface area contributed by atoms with Gasteiger partial charge < -0.3 is 19.8 Å². The zero-order valence-electron chi connectivity index (χ0n) is 11.0. The third kappa shape index (κ3) is 7.26. The largest absolute Gasteiger partial charge is 2.00 e. The second-order valence-electron chi connectivity index (χ2n) is 4.57. The van der Waals surface area contributed by atoms with Crippen LogP contribution in [0.2, 0.25) is 0 Å². The molecular formula is C14H18O4Zn. The van der Waals surface area contributed by atoms with Crippen LogP contribution in [0.25, 0.3) is 0 Å². The normalized spacial score (nSPS) is 24.6. The van der Waals surface area contributed by atoms with Crippen LogP contribution >= 0.6 is 0 Å². The molecule has 0 aromatic rings. The fourth-order valence-corrected chi connectivity index (χ4v) is 2.02. The molecule has 2 aliphatic rings. The Hall–Kier alpha value is -0.957. The molecule has 19 heavy (non-hydrogen) atoms. The average Bonchev–Trinajstić information content (AvgIpc) is 2.41. The van der Waals surface area contributed by atoms with Crippen molar-refractivity contribution in [3.8, 4) is 0 Å². The van der Waals surface area contributed by atoms with Gasteiger partial charge in [0, 0.05) is 23.8 Å². The van der Waals surface area contributed by atoms with Crippen LogP contribution < -0.4 is 10.2 Å². The van der Waals surface area contributed by atoms with Gasteiger partial charge in [-0.25, -0.2) is 0 Å². The molecule has 0 heterocycles. The van der Waals surface area contributed by atoms with Crippen molar-refractivity contribution in [1.29, 1.82) is 0 Å². The smallest absolute Gasteiger partial charge is 0.550 e. The first kappa shape index (κ1) is 18.0. The summed E-state index contributed by atoms with van der Waals surface area (Å²) in [7, 11) is 0. The van der Waals surface area contributed by atoms with Gasteiger partial charge >= 0.3 is 19.5 Å². The second-order valence-corrected chi connectivity index (χ2v) is 4.57. The summed E-state index contributed by atoms with van der Waals surface area (Å²) in [4.78, 5) is 20.4. The summed E-state index contributed by atoms with van der Waals surface area (Å²) in [6.45, 7) is 0. The first-order valence-electron chi connectivity index (χ1n) is 6.36. The molecule has 0 amide bonds. The maximum atomic E-state index is 10.2. The van der Waals surface area contributed by atoms with E-state index in [0.717, 1.165) is 38.5 Å². The summed E-state index contributed by atoms with van der Waals surface area (Å²) in [5.74, 6) is -2.52. The number of carboxylic acids is 2. The van der Waals surface area contributed by atoms with Gasteiger partial charge in [0.05, 0.1) is 0 Å². The van der Waals surface area contributed by atoms with E-state index in [1.807, 2.05) is 12.2 Å². The molecule has 2 unspecified atom stereocenters. The van der Waals surface area contributed by atoms with E-state index >= 15 is 0 Å². The summed E-state index contributed by atoms with van der Waals surface area (Å²) in [6.07, 6.45) is 12.8. The van der Waals surface area contributed by atoms with E-state index < -0.39 is 11.9 Å². The Balaban J connectivity index is 0.000000324. The van der Waals surface area contributed by atoms with Gasteiger partial charge in [0.1, 0.15) is 0 Å². The van der Waals surface area contributed by atoms with Crippen LogP contribution in [0.3, 0.4) is 0 Å². The predicted molar refractivity (Wildman–Crippen MR) is 63.0 cm³/mol. The van der Waals surface area contributed by atoms with Gasteiger partial charge in [0.15, 0.2) is 0 Å². The molecular weight excluding hydrogens is 298 g/mol. The number of rotatable bonds is 2. The first-order chi connectivity index (χ1) is 8.61. The Morgan fingerprint density at radius 3 is 1.37 bits per heavy atom. The fourth-order valence-electron chi connectivity index (χ4n) is 2.02. The molecule has 0 N–H and O–H groups in total. The minimum atomic E-state index is -0.939. The van der Waals surface area contributed by atoms with Crippen LogP contribution in [0.5, 0.6) is 0 Å². The quantitative estimate of drug-likeness (QED) is 0.538. The maximum absolute atomic E-state index is 10.2. The second kappa shape index (κ2) is 9.91. The van der Waals surface area contributed by atoms with Gasteiger partial charge in [-0.15, -0.1) is 0 Å². The third-order valence-electron chi connectivity index (χ3n) is 3.11. The van der Waals surface area contributed by atoms with Crippen LogP contribution in [0.1, 0.15) is 38.5 Å². The minimum absolute atomic E-state index is 0. The minimum Gasteiger partial charge on any atom is -0.550 e. The van der Waals surface area contributed by atoms with Gasteiger partial charge in [-0.1, -0.05) is 24.3 Å². The monoisotopic (exact) mass is 314 g/mol. The van der Waals surface area contributed by atoms with Crippen molar-refractivity contribution in [3.05, 3.63) is 24.3 Å². The van der Waals surface area contributed by atoms with Gasteiger partial charge in [-0.3, -0.25) is 0 Å². The number of aliphatic carboxylic acids is 2. The number of carboxylic acid groups (broad SMARTS) is 2. The molecule has 0 aliphatic heterocycles. The summed E-state index contributed by atoms with van der Waals surface area (Å²) < 4.78 is 0. The predicted octanol–water partition coefficient (Wildman–Crippen LogP) is 0.183. The van der Waals surface area contributed by atoms with Crippen molar-refractivity contribution in [2.75, 3.05) is 0 Å². The van der Waals surface area contributed by atoms with Crippen molar-refractivity contribution in [3.63, 3.8) is 0 Å². The average molecular weight is 316 g/mol. The van der Waals surface area contributed by atoms with E-state index in [1.54, 1.807) is 12.2 Å². The van der Waals surface area contributed by atoms with E-state index in [0.29, 0.717) is 0 Å². The Labute approximate surface area is 126 Å². The van der Waals surface area contributed by atoms with Crippen molar-refractivity contribution in [2.24, 2.45) is 11.8 Å². The summed E-state index contributed by atoms with van der Waals surface area (Å²) in [5, 5.41) is 20.4. The molecule has 0 saturated carbocycles. The van der Waals surface area contributed by atoms with Crippen molar-refractivity contribution >= 4 is 11.9 Å². The summed E-state index contributed by atoms with van der Waals surface area (Å²) in [5.41, 5.74) is 0. The Morgan fingerprint density at radius 1 is 0.842 bits per heavy atom. The number of carbonyl (C=O) groups excluding carboxylic acids is 2. The van der Waals surface area contributed by atoms with E-state index in [-0.39, 0.29) is 31.3 Å². The van der Waals surface area contributed by atoms with E-state index in [9.17, 15) is 19.8 Å². The summed E-state index contributed by atoms with van der Waals surface area (Å²) in [6, 6.07) is 0. The molecule has 2 rings (SSSR count). The molecule has 0 spiro atoms. The topological polar surface area (TPSA) is 80.3 Å².